The van der Waals surface area contributed by atoms with Gasteiger partial charge in [0.2, 0.25) is 10.0 Å². The molecule has 3 N–H and O–H groups in total. The maximum atomic E-state index is 12.3. The molecule has 0 atom stereocenters. The summed E-state index contributed by atoms with van der Waals surface area (Å²) in [5.74, 6) is 0. The molecule has 0 aliphatic rings. The van der Waals surface area contributed by atoms with Gasteiger partial charge in [-0.2, -0.15) is 0 Å². The van der Waals surface area contributed by atoms with E-state index in [1.54, 1.807) is 24.3 Å². The zero-order chi connectivity index (χ0) is 15.5. The zero-order valence-electron chi connectivity index (χ0n) is 11.0. The molecule has 114 valence electrons. The van der Waals surface area contributed by atoms with Crippen LogP contribution in [0, 0.1) is 0 Å². The normalized spacial score (nSPS) is 11.8. The molecule has 4 nitrogen and oxygen atoms in total. The van der Waals surface area contributed by atoms with E-state index in [4.69, 9.17) is 17.3 Å². The van der Waals surface area contributed by atoms with Crippen LogP contribution in [0.2, 0.25) is 4.34 Å². The van der Waals surface area contributed by atoms with Crippen LogP contribution in [0.4, 0.5) is 0 Å². The Labute approximate surface area is 141 Å². The molecule has 1 aromatic carbocycles. The Morgan fingerprint density at radius 3 is 2.67 bits per heavy atom. The molecule has 1 heterocycles. The molecule has 1 aromatic heterocycles. The van der Waals surface area contributed by atoms with Crippen LogP contribution < -0.4 is 10.5 Å². The Morgan fingerprint density at radius 2 is 2.05 bits per heavy atom. The van der Waals surface area contributed by atoms with Crippen LogP contribution in [0.15, 0.2) is 39.7 Å². The molecule has 2 rings (SSSR count). The molecule has 0 aliphatic carbocycles. The van der Waals surface area contributed by atoms with Crippen molar-refractivity contribution in [3.8, 4) is 0 Å². The lowest BCUT2D eigenvalue weighted by Crippen LogP contribution is -2.26. The van der Waals surface area contributed by atoms with E-state index in [1.165, 1.54) is 11.3 Å². The lowest BCUT2D eigenvalue weighted by Gasteiger charge is -2.09. The number of rotatable bonds is 6. The van der Waals surface area contributed by atoms with Gasteiger partial charge >= 0.3 is 0 Å². The number of hydrogen-bond acceptors (Lipinski definition) is 4. The van der Waals surface area contributed by atoms with Crippen LogP contribution >= 0.6 is 38.9 Å². The van der Waals surface area contributed by atoms with Crippen molar-refractivity contribution in [2.75, 3.05) is 6.54 Å². The molecule has 8 heteroatoms. The first-order valence-corrected chi connectivity index (χ1v) is 9.62. The Morgan fingerprint density at radius 1 is 1.29 bits per heavy atom. The van der Waals surface area contributed by atoms with E-state index in [-0.39, 0.29) is 4.90 Å². The summed E-state index contributed by atoms with van der Waals surface area (Å²) < 4.78 is 28.4. The average Bonchev–Trinajstić information content (AvgIpc) is 2.84. The van der Waals surface area contributed by atoms with Crippen molar-refractivity contribution in [3.05, 3.63) is 49.6 Å². The summed E-state index contributed by atoms with van der Waals surface area (Å²) >= 11 is 10.5. The number of benzene rings is 1. The molecule has 21 heavy (non-hydrogen) atoms. The molecule has 0 radical (unpaired) electrons. The molecule has 0 fully saturated rings. The molecular formula is C13H14BrClN2O2S2. The van der Waals surface area contributed by atoms with Crippen molar-refractivity contribution >= 4 is 48.9 Å². The summed E-state index contributed by atoms with van der Waals surface area (Å²) in [5, 5.41) is 0. The smallest absolute Gasteiger partial charge is 0.241 e. The summed E-state index contributed by atoms with van der Waals surface area (Å²) in [7, 11) is -3.57. The summed E-state index contributed by atoms with van der Waals surface area (Å²) in [6, 6.07) is 8.75. The fourth-order valence-electron chi connectivity index (χ4n) is 1.75. The fraction of sp³-hybridized carbons (Fsp3) is 0.231. The number of nitrogens with one attached hydrogen (secondary N) is 1. The van der Waals surface area contributed by atoms with Gasteiger partial charge in [-0.25, -0.2) is 13.1 Å². The minimum Gasteiger partial charge on any atom is -0.326 e. The van der Waals surface area contributed by atoms with Gasteiger partial charge in [-0.15, -0.1) is 11.3 Å². The fourth-order valence-corrected chi connectivity index (χ4v) is 4.88. The van der Waals surface area contributed by atoms with Crippen LogP contribution in [0.3, 0.4) is 0 Å². The molecule has 2 aromatic rings. The molecule has 0 aliphatic heterocycles. The standard InChI is InChI=1S/C13H14BrClN2O2S2/c14-11-3-1-9(8-16)7-12(11)21(18,19)17-6-5-10-2-4-13(15)20-10/h1-4,7,17H,5-6,8,16H2. The van der Waals surface area contributed by atoms with E-state index in [1.807, 2.05) is 6.07 Å². The second-order valence-corrected chi connectivity index (χ2v) is 8.71. The van der Waals surface area contributed by atoms with E-state index in [0.717, 1.165) is 10.4 Å². The third kappa shape index (κ3) is 4.51. The van der Waals surface area contributed by atoms with Crippen molar-refractivity contribution < 1.29 is 8.42 Å². The molecule has 0 saturated heterocycles. The van der Waals surface area contributed by atoms with Crippen molar-refractivity contribution in [1.82, 2.24) is 4.72 Å². The third-order valence-electron chi connectivity index (χ3n) is 2.81. The van der Waals surface area contributed by atoms with Crippen LogP contribution in [-0.4, -0.2) is 15.0 Å². The zero-order valence-corrected chi connectivity index (χ0v) is 14.9. The highest BCUT2D eigenvalue weighted by Crippen LogP contribution is 2.24. The Kier molecular flexibility index (Phi) is 5.81. The minimum atomic E-state index is -3.57. The van der Waals surface area contributed by atoms with Gasteiger partial charge < -0.3 is 5.73 Å². The Bertz CT molecular complexity index is 732. The van der Waals surface area contributed by atoms with Gasteiger partial charge in [0.05, 0.1) is 9.23 Å². The first-order chi connectivity index (χ1) is 9.92. The molecule has 0 spiro atoms. The van der Waals surface area contributed by atoms with Gasteiger partial charge in [0, 0.05) is 22.4 Å². The summed E-state index contributed by atoms with van der Waals surface area (Å²) in [5.41, 5.74) is 6.32. The summed E-state index contributed by atoms with van der Waals surface area (Å²) in [4.78, 5) is 1.24. The first-order valence-electron chi connectivity index (χ1n) is 6.15. The largest absolute Gasteiger partial charge is 0.326 e. The number of sulfonamides is 1. The van der Waals surface area contributed by atoms with Crippen molar-refractivity contribution in [1.29, 1.82) is 0 Å². The maximum Gasteiger partial charge on any atom is 0.241 e. The van der Waals surface area contributed by atoms with Gasteiger partial charge in [0.15, 0.2) is 0 Å². The predicted molar refractivity (Wildman–Crippen MR) is 90.3 cm³/mol. The second kappa shape index (κ2) is 7.21. The third-order valence-corrected chi connectivity index (χ3v) is 6.56. The lowest BCUT2D eigenvalue weighted by molar-refractivity contribution is 0.581. The lowest BCUT2D eigenvalue weighted by atomic mass is 10.2. The van der Waals surface area contributed by atoms with Gasteiger partial charge in [-0.05, 0) is 52.2 Å². The highest BCUT2D eigenvalue weighted by atomic mass is 79.9. The van der Waals surface area contributed by atoms with Crippen LogP contribution in [0.1, 0.15) is 10.4 Å². The number of thiophene rings is 1. The van der Waals surface area contributed by atoms with Gasteiger partial charge in [0.1, 0.15) is 0 Å². The second-order valence-electron chi connectivity index (χ2n) is 4.32. The Hall–Kier alpha value is -0.440. The van der Waals surface area contributed by atoms with E-state index >= 15 is 0 Å². The molecule has 0 unspecified atom stereocenters. The minimum absolute atomic E-state index is 0.203. The van der Waals surface area contributed by atoms with Crippen LogP contribution in [-0.2, 0) is 23.0 Å². The van der Waals surface area contributed by atoms with Crippen molar-refractivity contribution in [3.63, 3.8) is 0 Å². The van der Waals surface area contributed by atoms with Gasteiger partial charge in [-0.3, -0.25) is 0 Å². The number of hydrogen-bond donors (Lipinski definition) is 2. The van der Waals surface area contributed by atoms with Crippen LogP contribution in [0.5, 0.6) is 0 Å². The van der Waals surface area contributed by atoms with E-state index in [2.05, 4.69) is 20.7 Å². The quantitative estimate of drug-likeness (QED) is 0.770. The van der Waals surface area contributed by atoms with Crippen LogP contribution in [0.25, 0.3) is 0 Å². The Balaban J connectivity index is 2.07. The van der Waals surface area contributed by atoms with E-state index < -0.39 is 10.0 Å². The van der Waals surface area contributed by atoms with Gasteiger partial charge in [0.25, 0.3) is 0 Å². The molecule has 0 saturated carbocycles. The predicted octanol–water partition coefficient (Wildman–Crippen LogP) is 3.14. The van der Waals surface area contributed by atoms with Crippen molar-refractivity contribution in [2.45, 2.75) is 17.9 Å². The maximum absolute atomic E-state index is 12.3. The first kappa shape index (κ1) is 16.9. The average molecular weight is 410 g/mol. The summed E-state index contributed by atoms with van der Waals surface area (Å²) in [6.07, 6.45) is 0.602. The SMILES string of the molecule is NCc1ccc(Br)c(S(=O)(=O)NCCc2ccc(Cl)s2)c1. The monoisotopic (exact) mass is 408 g/mol. The summed E-state index contributed by atoms with van der Waals surface area (Å²) in [6.45, 7) is 0.613. The highest BCUT2D eigenvalue weighted by molar-refractivity contribution is 9.10. The number of halogens is 2. The topological polar surface area (TPSA) is 72.2 Å². The molecular weight excluding hydrogens is 396 g/mol. The van der Waals surface area contributed by atoms with Gasteiger partial charge in [-0.1, -0.05) is 17.7 Å². The molecule has 0 bridgehead atoms. The van der Waals surface area contributed by atoms with E-state index in [9.17, 15) is 8.42 Å². The number of nitrogens with two attached hydrogens (primary N) is 1. The van der Waals surface area contributed by atoms with E-state index in [0.29, 0.717) is 28.3 Å². The highest BCUT2D eigenvalue weighted by Gasteiger charge is 2.17. The molecule has 0 amide bonds. The van der Waals surface area contributed by atoms with Crippen molar-refractivity contribution in [2.24, 2.45) is 5.73 Å².